The first-order valence-electron chi connectivity index (χ1n) is 8.37. The minimum Gasteiger partial charge on any atom is -0.351 e. The summed E-state index contributed by atoms with van der Waals surface area (Å²) in [4.78, 5) is 15.1. The standard InChI is InChI=1S/C16H27N5S.HI/c1-13-18-10-15(22-13)11-19-16(17-2)21-9-6-14(12-21)20-7-4-3-5-8-20;/h10,14H,3-9,11-12H2,1-2H3,(H,17,19);1H. The van der Waals surface area contributed by atoms with E-state index < -0.39 is 0 Å². The first-order valence-corrected chi connectivity index (χ1v) is 9.19. The van der Waals surface area contributed by atoms with Crippen LogP contribution < -0.4 is 5.32 Å². The van der Waals surface area contributed by atoms with Crippen molar-refractivity contribution in [1.82, 2.24) is 20.1 Å². The van der Waals surface area contributed by atoms with E-state index in [-0.39, 0.29) is 24.0 Å². The van der Waals surface area contributed by atoms with E-state index in [1.54, 1.807) is 11.3 Å². The largest absolute Gasteiger partial charge is 0.351 e. The second-order valence-corrected chi connectivity index (χ2v) is 7.55. The minimum atomic E-state index is 0. The number of hydrogen-bond acceptors (Lipinski definition) is 4. The van der Waals surface area contributed by atoms with E-state index in [4.69, 9.17) is 0 Å². The van der Waals surface area contributed by atoms with Gasteiger partial charge >= 0.3 is 0 Å². The Hall–Kier alpha value is -0.410. The maximum Gasteiger partial charge on any atom is 0.193 e. The Labute approximate surface area is 160 Å². The highest BCUT2D eigenvalue weighted by Crippen LogP contribution is 2.20. The number of aromatic nitrogens is 1. The van der Waals surface area contributed by atoms with Gasteiger partial charge in [-0.2, -0.15) is 0 Å². The monoisotopic (exact) mass is 449 g/mol. The summed E-state index contributed by atoms with van der Waals surface area (Å²) in [7, 11) is 1.88. The van der Waals surface area contributed by atoms with E-state index in [1.807, 2.05) is 20.2 Å². The topological polar surface area (TPSA) is 43.8 Å². The average Bonchev–Trinajstić information content (AvgIpc) is 3.18. The predicted molar refractivity (Wildman–Crippen MR) is 108 cm³/mol. The third-order valence-corrected chi connectivity index (χ3v) is 5.58. The van der Waals surface area contributed by atoms with E-state index >= 15 is 0 Å². The van der Waals surface area contributed by atoms with Crippen molar-refractivity contribution >= 4 is 41.3 Å². The lowest BCUT2D eigenvalue weighted by Crippen LogP contribution is -2.44. The molecule has 5 nitrogen and oxygen atoms in total. The van der Waals surface area contributed by atoms with Gasteiger partial charge in [0.2, 0.25) is 0 Å². The summed E-state index contributed by atoms with van der Waals surface area (Å²) >= 11 is 1.75. The van der Waals surface area contributed by atoms with Gasteiger partial charge in [-0.25, -0.2) is 4.98 Å². The molecule has 23 heavy (non-hydrogen) atoms. The van der Waals surface area contributed by atoms with Crippen molar-refractivity contribution in [3.63, 3.8) is 0 Å². The Morgan fingerprint density at radius 3 is 2.78 bits per heavy atom. The molecule has 1 N–H and O–H groups in total. The lowest BCUT2D eigenvalue weighted by atomic mass is 10.1. The van der Waals surface area contributed by atoms with Gasteiger partial charge in [0.1, 0.15) is 0 Å². The Kier molecular flexibility index (Phi) is 7.55. The van der Waals surface area contributed by atoms with Crippen LogP contribution in [0.3, 0.4) is 0 Å². The van der Waals surface area contributed by atoms with Crippen LogP contribution in [0.25, 0.3) is 0 Å². The summed E-state index contributed by atoms with van der Waals surface area (Å²) in [6.07, 6.45) is 7.37. The SMILES string of the molecule is CN=C(NCc1cnc(C)s1)N1CCC(N2CCCCC2)C1.I. The minimum absolute atomic E-state index is 0. The summed E-state index contributed by atoms with van der Waals surface area (Å²) in [6, 6.07) is 0.712. The molecule has 0 aliphatic carbocycles. The number of hydrogen-bond donors (Lipinski definition) is 1. The Morgan fingerprint density at radius 1 is 1.35 bits per heavy atom. The molecule has 2 saturated heterocycles. The van der Waals surface area contributed by atoms with Gasteiger partial charge in [-0.1, -0.05) is 6.42 Å². The number of nitrogens with one attached hydrogen (secondary N) is 1. The Morgan fingerprint density at radius 2 is 2.13 bits per heavy atom. The number of aryl methyl sites for hydroxylation is 1. The number of guanidine groups is 1. The van der Waals surface area contributed by atoms with E-state index in [9.17, 15) is 0 Å². The highest BCUT2D eigenvalue weighted by molar-refractivity contribution is 14.0. The van der Waals surface area contributed by atoms with Crippen LogP contribution in [0.4, 0.5) is 0 Å². The van der Waals surface area contributed by atoms with Crippen LogP contribution >= 0.6 is 35.3 Å². The molecule has 3 heterocycles. The molecule has 2 fully saturated rings. The van der Waals surface area contributed by atoms with Gasteiger partial charge in [0.05, 0.1) is 11.6 Å². The fourth-order valence-corrected chi connectivity index (χ4v) is 4.24. The van der Waals surface area contributed by atoms with Gasteiger partial charge < -0.3 is 10.2 Å². The lowest BCUT2D eigenvalue weighted by molar-refractivity contribution is 0.168. The second-order valence-electron chi connectivity index (χ2n) is 6.23. The smallest absolute Gasteiger partial charge is 0.193 e. The number of rotatable bonds is 3. The fourth-order valence-electron chi connectivity index (χ4n) is 3.50. The number of likely N-dealkylation sites (tertiary alicyclic amines) is 2. The van der Waals surface area contributed by atoms with Gasteiger partial charge in [0.25, 0.3) is 0 Å². The first-order chi connectivity index (χ1) is 10.8. The molecule has 2 aliphatic rings. The van der Waals surface area contributed by atoms with E-state index in [2.05, 4.69) is 25.1 Å². The molecule has 1 aromatic heterocycles. The normalized spacial score (nSPS) is 23.0. The zero-order valence-electron chi connectivity index (χ0n) is 14.1. The fraction of sp³-hybridized carbons (Fsp3) is 0.750. The molecule has 1 aromatic rings. The van der Waals surface area contributed by atoms with Crippen molar-refractivity contribution in [3.8, 4) is 0 Å². The van der Waals surface area contributed by atoms with Crippen LogP contribution in [0, 0.1) is 6.92 Å². The van der Waals surface area contributed by atoms with Gasteiger partial charge in [0.15, 0.2) is 5.96 Å². The second kappa shape index (κ2) is 9.17. The molecule has 0 bridgehead atoms. The van der Waals surface area contributed by atoms with E-state index in [1.165, 1.54) is 43.6 Å². The third kappa shape index (κ3) is 5.03. The molecular formula is C16H28IN5S. The van der Waals surface area contributed by atoms with Crippen molar-refractivity contribution in [2.24, 2.45) is 4.99 Å². The average molecular weight is 449 g/mol. The molecule has 1 atom stereocenters. The predicted octanol–water partition coefficient (Wildman–Crippen LogP) is 2.71. The van der Waals surface area contributed by atoms with Gasteiger partial charge in [0, 0.05) is 37.3 Å². The molecule has 0 aromatic carbocycles. The summed E-state index contributed by atoms with van der Waals surface area (Å²) in [5.74, 6) is 1.03. The highest BCUT2D eigenvalue weighted by Gasteiger charge is 2.29. The van der Waals surface area contributed by atoms with Crippen molar-refractivity contribution in [2.45, 2.75) is 45.2 Å². The number of thiazole rings is 1. The Balaban J connectivity index is 0.00000192. The van der Waals surface area contributed by atoms with Crippen LogP contribution in [-0.4, -0.2) is 60.0 Å². The van der Waals surface area contributed by atoms with Crippen molar-refractivity contribution < 1.29 is 0 Å². The Bertz CT molecular complexity index is 512. The molecule has 0 amide bonds. The quantitative estimate of drug-likeness (QED) is 0.438. The highest BCUT2D eigenvalue weighted by atomic mass is 127. The van der Waals surface area contributed by atoms with Crippen LogP contribution in [0.15, 0.2) is 11.2 Å². The van der Waals surface area contributed by atoms with Crippen molar-refractivity contribution in [1.29, 1.82) is 0 Å². The molecule has 0 spiro atoms. The van der Waals surface area contributed by atoms with Crippen LogP contribution in [-0.2, 0) is 6.54 Å². The van der Waals surface area contributed by atoms with Crippen molar-refractivity contribution in [3.05, 3.63) is 16.1 Å². The maximum atomic E-state index is 4.47. The van der Waals surface area contributed by atoms with Crippen molar-refractivity contribution in [2.75, 3.05) is 33.2 Å². The summed E-state index contributed by atoms with van der Waals surface area (Å²) in [5, 5.41) is 4.62. The van der Waals surface area contributed by atoms with E-state index in [0.717, 1.165) is 30.6 Å². The molecule has 1 unspecified atom stereocenters. The maximum absolute atomic E-state index is 4.47. The van der Waals surface area contributed by atoms with Crippen LogP contribution in [0.1, 0.15) is 35.6 Å². The number of halogens is 1. The van der Waals surface area contributed by atoms with Gasteiger partial charge in [-0.3, -0.25) is 9.89 Å². The summed E-state index contributed by atoms with van der Waals surface area (Å²) < 4.78 is 0. The molecule has 3 rings (SSSR count). The number of aliphatic imine (C=N–C) groups is 1. The van der Waals surface area contributed by atoms with Gasteiger partial charge in [-0.05, 0) is 39.3 Å². The molecule has 7 heteroatoms. The van der Waals surface area contributed by atoms with Crippen LogP contribution in [0.2, 0.25) is 0 Å². The molecule has 2 aliphatic heterocycles. The van der Waals surface area contributed by atoms with Gasteiger partial charge in [-0.15, -0.1) is 35.3 Å². The third-order valence-electron chi connectivity index (χ3n) is 4.67. The zero-order chi connectivity index (χ0) is 15.4. The van der Waals surface area contributed by atoms with Crippen LogP contribution in [0.5, 0.6) is 0 Å². The first kappa shape index (κ1) is 18.9. The molecular weight excluding hydrogens is 421 g/mol. The molecule has 0 radical (unpaired) electrons. The molecule has 130 valence electrons. The lowest BCUT2D eigenvalue weighted by Gasteiger charge is -2.32. The number of nitrogens with zero attached hydrogens (tertiary/aromatic N) is 4. The zero-order valence-corrected chi connectivity index (χ0v) is 17.3. The van der Waals surface area contributed by atoms with E-state index in [0.29, 0.717) is 6.04 Å². The summed E-state index contributed by atoms with van der Waals surface area (Å²) in [6.45, 7) is 7.66. The summed E-state index contributed by atoms with van der Waals surface area (Å²) in [5.41, 5.74) is 0. The number of piperidine rings is 1. The molecule has 0 saturated carbocycles.